The highest BCUT2D eigenvalue weighted by atomic mass is 16.5. The normalized spacial score (nSPS) is 14.4. The van der Waals surface area contributed by atoms with Crippen LogP contribution in [0.25, 0.3) is 0 Å². The number of hydrogen-bond donors (Lipinski definition) is 1. The second-order valence-corrected chi connectivity index (χ2v) is 12.9. The van der Waals surface area contributed by atoms with Crippen molar-refractivity contribution in [2.24, 2.45) is 22.7 Å². The van der Waals surface area contributed by atoms with Crippen LogP contribution >= 0.6 is 0 Å². The molecule has 2 atom stereocenters. The second kappa shape index (κ2) is 21.8. The van der Waals surface area contributed by atoms with Gasteiger partial charge in [0.1, 0.15) is 0 Å². The Labute approximate surface area is 219 Å². The van der Waals surface area contributed by atoms with Crippen molar-refractivity contribution >= 4 is 0 Å². The lowest BCUT2D eigenvalue weighted by molar-refractivity contribution is 0.0897. The minimum absolute atomic E-state index is 0.415. The molecule has 0 aliphatic heterocycles. The highest BCUT2D eigenvalue weighted by Crippen LogP contribution is 2.26. The van der Waals surface area contributed by atoms with Gasteiger partial charge in [0.25, 0.3) is 0 Å². The van der Waals surface area contributed by atoms with Crippen LogP contribution < -0.4 is 5.32 Å². The Morgan fingerprint density at radius 3 is 1.11 bits per heavy atom. The SMILES string of the molecule is CC(CCOCCCCOCCNCCOCCCCOCCC(C)CC(C)(C)C)CC(C)(C)C. The Morgan fingerprint density at radius 1 is 0.486 bits per heavy atom. The first kappa shape index (κ1) is 34.8. The van der Waals surface area contributed by atoms with Gasteiger partial charge >= 0.3 is 0 Å². The van der Waals surface area contributed by atoms with Crippen LogP contribution in [0.5, 0.6) is 0 Å². The third-order valence-electron chi connectivity index (χ3n) is 5.93. The number of unbranched alkanes of at least 4 members (excludes halogenated alkanes) is 2. The number of ether oxygens (including phenoxy) is 4. The summed E-state index contributed by atoms with van der Waals surface area (Å²) >= 11 is 0. The third-order valence-corrected chi connectivity index (χ3v) is 5.93. The van der Waals surface area contributed by atoms with Gasteiger partial charge in [0.15, 0.2) is 0 Å². The Balaban J connectivity index is 3.19. The monoisotopic (exact) mass is 501 g/mol. The van der Waals surface area contributed by atoms with Crippen molar-refractivity contribution in [3.8, 4) is 0 Å². The standard InChI is InChI=1S/C30H63NO4/c1-27(25-29(3,4)5)13-21-32-17-9-11-19-34-23-15-31-16-24-35-20-12-10-18-33-22-14-28(2)26-30(6,7)8/h27-28,31H,9-26H2,1-8H3. The van der Waals surface area contributed by atoms with E-state index in [4.69, 9.17) is 18.9 Å². The number of rotatable bonds is 24. The molecule has 5 heteroatoms. The van der Waals surface area contributed by atoms with Gasteiger partial charge in [-0.1, -0.05) is 55.4 Å². The lowest BCUT2D eigenvalue weighted by Crippen LogP contribution is -2.24. The van der Waals surface area contributed by atoms with Crippen LogP contribution in [0.3, 0.4) is 0 Å². The van der Waals surface area contributed by atoms with Gasteiger partial charge in [0, 0.05) is 52.7 Å². The van der Waals surface area contributed by atoms with Gasteiger partial charge in [0.2, 0.25) is 0 Å². The average molecular weight is 502 g/mol. The maximum absolute atomic E-state index is 5.78. The van der Waals surface area contributed by atoms with E-state index in [2.05, 4.69) is 60.7 Å². The molecule has 0 spiro atoms. The first-order chi connectivity index (χ1) is 16.5. The fourth-order valence-corrected chi connectivity index (χ4v) is 4.50. The molecule has 0 bridgehead atoms. The number of nitrogens with one attached hydrogen (secondary N) is 1. The molecule has 0 saturated heterocycles. The van der Waals surface area contributed by atoms with Crippen LogP contribution in [0.4, 0.5) is 0 Å². The summed E-state index contributed by atoms with van der Waals surface area (Å²) in [4.78, 5) is 0. The molecule has 0 fully saturated rings. The molecule has 35 heavy (non-hydrogen) atoms. The van der Waals surface area contributed by atoms with Crippen molar-refractivity contribution in [2.45, 2.75) is 107 Å². The van der Waals surface area contributed by atoms with Crippen LogP contribution in [0.2, 0.25) is 0 Å². The molecule has 5 nitrogen and oxygen atoms in total. The summed E-state index contributed by atoms with van der Waals surface area (Å²) in [7, 11) is 0. The average Bonchev–Trinajstić information content (AvgIpc) is 2.72. The summed E-state index contributed by atoms with van der Waals surface area (Å²) < 4.78 is 22.9. The maximum atomic E-state index is 5.78. The van der Waals surface area contributed by atoms with E-state index in [1.54, 1.807) is 0 Å². The molecule has 1 N–H and O–H groups in total. The molecule has 0 aromatic rings. The molecule has 2 unspecified atom stereocenters. The zero-order valence-corrected chi connectivity index (χ0v) is 25.0. The molecule has 0 aromatic heterocycles. The molecule has 0 radical (unpaired) electrons. The Bertz CT molecular complexity index is 405. The molecule has 0 amide bonds. The van der Waals surface area contributed by atoms with Gasteiger partial charge in [-0.05, 0) is 74.0 Å². The summed E-state index contributed by atoms with van der Waals surface area (Å²) in [5.41, 5.74) is 0.831. The van der Waals surface area contributed by atoms with Gasteiger partial charge in [0.05, 0.1) is 13.2 Å². The van der Waals surface area contributed by atoms with Gasteiger partial charge in [-0.25, -0.2) is 0 Å². The van der Waals surface area contributed by atoms with E-state index in [9.17, 15) is 0 Å². The summed E-state index contributed by atoms with van der Waals surface area (Å²) in [5.74, 6) is 1.47. The van der Waals surface area contributed by atoms with Crippen LogP contribution in [-0.4, -0.2) is 65.9 Å². The molecule has 0 rings (SSSR count). The first-order valence-corrected chi connectivity index (χ1v) is 14.5. The predicted octanol–water partition coefficient (Wildman–Crippen LogP) is 7.13. The van der Waals surface area contributed by atoms with Crippen LogP contribution in [0, 0.1) is 22.7 Å². The molecule has 0 aliphatic carbocycles. The van der Waals surface area contributed by atoms with Crippen molar-refractivity contribution in [3.05, 3.63) is 0 Å². The second-order valence-electron chi connectivity index (χ2n) is 12.9. The molecule has 0 heterocycles. The third kappa shape index (κ3) is 29.9. The zero-order chi connectivity index (χ0) is 26.4. The highest BCUT2D eigenvalue weighted by Gasteiger charge is 2.15. The van der Waals surface area contributed by atoms with E-state index in [-0.39, 0.29) is 0 Å². The van der Waals surface area contributed by atoms with Crippen LogP contribution in [-0.2, 0) is 18.9 Å². The van der Waals surface area contributed by atoms with Crippen molar-refractivity contribution < 1.29 is 18.9 Å². The lowest BCUT2D eigenvalue weighted by Gasteiger charge is -2.23. The van der Waals surface area contributed by atoms with Crippen molar-refractivity contribution in [1.29, 1.82) is 0 Å². The smallest absolute Gasteiger partial charge is 0.0590 e. The topological polar surface area (TPSA) is 49.0 Å². The Kier molecular flexibility index (Phi) is 21.7. The molecule has 212 valence electrons. The quantitative estimate of drug-likeness (QED) is 0.143. The summed E-state index contributed by atoms with van der Waals surface area (Å²) in [6.45, 7) is 26.9. The number of hydrogen-bond acceptors (Lipinski definition) is 5. The fraction of sp³-hybridized carbons (Fsp3) is 1.00. The minimum atomic E-state index is 0.415. The summed E-state index contributed by atoms with van der Waals surface area (Å²) in [5, 5.41) is 3.38. The fourth-order valence-electron chi connectivity index (χ4n) is 4.50. The van der Waals surface area contributed by atoms with Crippen molar-refractivity contribution in [1.82, 2.24) is 5.32 Å². The van der Waals surface area contributed by atoms with E-state index in [0.29, 0.717) is 10.8 Å². The van der Waals surface area contributed by atoms with Crippen molar-refractivity contribution in [3.63, 3.8) is 0 Å². The van der Waals surface area contributed by atoms with Crippen LogP contribution in [0.1, 0.15) is 107 Å². The maximum Gasteiger partial charge on any atom is 0.0590 e. The molecule has 0 aliphatic rings. The van der Waals surface area contributed by atoms with E-state index < -0.39 is 0 Å². The Morgan fingerprint density at radius 2 is 0.800 bits per heavy atom. The molecule has 0 saturated carbocycles. The van der Waals surface area contributed by atoms with Gasteiger partial charge < -0.3 is 24.3 Å². The highest BCUT2D eigenvalue weighted by molar-refractivity contribution is 4.67. The van der Waals surface area contributed by atoms with Crippen LogP contribution in [0.15, 0.2) is 0 Å². The van der Waals surface area contributed by atoms with Gasteiger partial charge in [-0.3, -0.25) is 0 Å². The molecule has 0 aromatic carbocycles. The Hall–Kier alpha value is -0.200. The van der Waals surface area contributed by atoms with E-state index >= 15 is 0 Å². The molecular formula is C30H63NO4. The van der Waals surface area contributed by atoms with Gasteiger partial charge in [-0.15, -0.1) is 0 Å². The largest absolute Gasteiger partial charge is 0.381 e. The first-order valence-electron chi connectivity index (χ1n) is 14.5. The molecular weight excluding hydrogens is 438 g/mol. The van der Waals surface area contributed by atoms with Gasteiger partial charge in [-0.2, -0.15) is 0 Å². The van der Waals surface area contributed by atoms with E-state index in [1.165, 1.54) is 12.8 Å². The zero-order valence-electron chi connectivity index (χ0n) is 25.0. The van der Waals surface area contributed by atoms with E-state index in [0.717, 1.165) is 116 Å². The minimum Gasteiger partial charge on any atom is -0.381 e. The lowest BCUT2D eigenvalue weighted by atomic mass is 9.84. The van der Waals surface area contributed by atoms with E-state index in [1.807, 2.05) is 0 Å². The summed E-state index contributed by atoms with van der Waals surface area (Å²) in [6.07, 6.45) is 9.15. The predicted molar refractivity (Wildman–Crippen MR) is 150 cm³/mol. The summed E-state index contributed by atoms with van der Waals surface area (Å²) in [6, 6.07) is 0. The van der Waals surface area contributed by atoms with Crippen molar-refractivity contribution in [2.75, 3.05) is 65.9 Å².